The van der Waals surface area contributed by atoms with Gasteiger partial charge in [0.15, 0.2) is 0 Å². The summed E-state index contributed by atoms with van der Waals surface area (Å²) in [5, 5.41) is 4.82. The number of amides is 1. The number of halogens is 3. The van der Waals surface area contributed by atoms with Crippen molar-refractivity contribution in [3.05, 3.63) is 63.1 Å². The molecule has 0 bridgehead atoms. The summed E-state index contributed by atoms with van der Waals surface area (Å²) in [5.41, 5.74) is 3.13. The lowest BCUT2D eigenvalue weighted by atomic mass is 10.2. The molecule has 26 heavy (non-hydrogen) atoms. The number of hydrazone groups is 1. The van der Waals surface area contributed by atoms with Crippen molar-refractivity contribution in [1.29, 1.82) is 0 Å². The van der Waals surface area contributed by atoms with E-state index in [1.165, 1.54) is 24.4 Å². The molecule has 2 rings (SSSR count). The van der Waals surface area contributed by atoms with Gasteiger partial charge in [-0.15, -0.1) is 0 Å². The van der Waals surface area contributed by atoms with Crippen molar-refractivity contribution in [2.24, 2.45) is 5.10 Å². The summed E-state index contributed by atoms with van der Waals surface area (Å²) >= 11 is 17.7. The number of nitrogens with zero attached hydrogens (tertiary/aromatic N) is 2. The fourth-order valence-electron chi connectivity index (χ4n) is 2.01. The van der Waals surface area contributed by atoms with Gasteiger partial charge in [-0.1, -0.05) is 46.9 Å². The van der Waals surface area contributed by atoms with Crippen molar-refractivity contribution >= 4 is 62.6 Å². The van der Waals surface area contributed by atoms with Crippen LogP contribution in [0.3, 0.4) is 0 Å². The van der Waals surface area contributed by atoms with E-state index in [1.807, 2.05) is 0 Å². The maximum absolute atomic E-state index is 12.1. The number of nitrogens with one attached hydrogen (secondary N) is 1. The normalized spacial score (nSPS) is 11.5. The van der Waals surface area contributed by atoms with E-state index in [4.69, 9.17) is 34.8 Å². The van der Waals surface area contributed by atoms with Crippen LogP contribution in [0.2, 0.25) is 15.1 Å². The minimum Gasteiger partial charge on any atom is -0.271 e. The zero-order valence-corrected chi connectivity index (χ0v) is 16.6. The molecule has 1 amide bonds. The minimum absolute atomic E-state index is 0.180. The maximum atomic E-state index is 12.1. The van der Waals surface area contributed by atoms with Crippen LogP contribution in [0.4, 0.5) is 5.69 Å². The van der Waals surface area contributed by atoms with Gasteiger partial charge in [0.05, 0.1) is 18.2 Å². The van der Waals surface area contributed by atoms with Crippen LogP contribution in [-0.2, 0) is 14.8 Å². The summed E-state index contributed by atoms with van der Waals surface area (Å²) in [6.45, 7) is -0.484. The van der Waals surface area contributed by atoms with Gasteiger partial charge in [-0.05, 0) is 35.9 Å². The molecule has 0 aliphatic rings. The van der Waals surface area contributed by atoms with Gasteiger partial charge in [0, 0.05) is 15.1 Å². The number of sulfonamides is 1. The second-order valence-electron chi connectivity index (χ2n) is 5.25. The topological polar surface area (TPSA) is 78.8 Å². The highest BCUT2D eigenvalue weighted by atomic mass is 35.5. The quantitative estimate of drug-likeness (QED) is 0.558. The Balaban J connectivity index is 2.12. The van der Waals surface area contributed by atoms with Gasteiger partial charge in [0.1, 0.15) is 6.54 Å². The van der Waals surface area contributed by atoms with E-state index in [0.29, 0.717) is 10.6 Å². The second kappa shape index (κ2) is 8.73. The summed E-state index contributed by atoms with van der Waals surface area (Å²) in [4.78, 5) is 12.1. The largest absolute Gasteiger partial charge is 0.271 e. The number of carbonyl (C=O) groups is 1. The standard InChI is InChI=1S/C16H14Cl3N3O3S/c1-26(24,25)22(15-7-13(18)6-14(19)8-15)10-16(23)21-20-9-11-3-2-4-12(17)5-11/h2-9H,10H2,1H3,(H,21,23)/b20-9-. The number of hydrogen-bond donors (Lipinski definition) is 1. The molecule has 138 valence electrons. The third kappa shape index (κ3) is 6.17. The molecular formula is C16H14Cl3N3O3S. The Bertz CT molecular complexity index is 929. The monoisotopic (exact) mass is 433 g/mol. The van der Waals surface area contributed by atoms with Gasteiger partial charge in [-0.2, -0.15) is 5.10 Å². The lowest BCUT2D eigenvalue weighted by molar-refractivity contribution is -0.119. The van der Waals surface area contributed by atoms with Crippen molar-refractivity contribution in [1.82, 2.24) is 5.43 Å². The SMILES string of the molecule is CS(=O)(=O)N(CC(=O)N/N=C\c1cccc(Cl)c1)c1cc(Cl)cc(Cl)c1. The van der Waals surface area contributed by atoms with Crippen molar-refractivity contribution in [3.8, 4) is 0 Å². The van der Waals surface area contributed by atoms with E-state index in [0.717, 1.165) is 10.6 Å². The van der Waals surface area contributed by atoms with E-state index < -0.39 is 22.5 Å². The van der Waals surface area contributed by atoms with Crippen LogP contribution in [0.5, 0.6) is 0 Å². The summed E-state index contributed by atoms with van der Waals surface area (Å²) in [5.74, 6) is -0.634. The zero-order valence-electron chi connectivity index (χ0n) is 13.5. The van der Waals surface area contributed by atoms with Crippen molar-refractivity contribution in [3.63, 3.8) is 0 Å². The third-order valence-corrected chi connectivity index (χ3v) is 4.89. The van der Waals surface area contributed by atoms with E-state index in [1.54, 1.807) is 24.3 Å². The molecule has 0 saturated carbocycles. The fraction of sp³-hybridized carbons (Fsp3) is 0.125. The number of hydrogen-bond acceptors (Lipinski definition) is 4. The number of benzene rings is 2. The third-order valence-electron chi connectivity index (χ3n) is 3.07. The second-order valence-corrected chi connectivity index (χ2v) is 8.46. The molecule has 0 saturated heterocycles. The van der Waals surface area contributed by atoms with Crippen LogP contribution in [0.1, 0.15) is 5.56 Å². The molecule has 0 heterocycles. The Morgan fingerprint density at radius 2 is 1.77 bits per heavy atom. The molecule has 0 aromatic heterocycles. The van der Waals surface area contributed by atoms with Crippen molar-refractivity contribution < 1.29 is 13.2 Å². The average molecular weight is 435 g/mol. The van der Waals surface area contributed by atoms with Gasteiger partial charge in [-0.25, -0.2) is 13.8 Å². The van der Waals surface area contributed by atoms with Gasteiger partial charge in [-0.3, -0.25) is 9.10 Å². The lowest BCUT2D eigenvalue weighted by Gasteiger charge is -2.21. The summed E-state index contributed by atoms with van der Waals surface area (Å²) in [7, 11) is -3.74. The first kappa shape index (κ1) is 20.5. The highest BCUT2D eigenvalue weighted by Crippen LogP contribution is 2.26. The lowest BCUT2D eigenvalue weighted by Crippen LogP contribution is -2.39. The fourth-order valence-corrected chi connectivity index (χ4v) is 3.57. The molecular weight excluding hydrogens is 421 g/mol. The molecule has 0 spiro atoms. The molecule has 0 aliphatic carbocycles. The van der Waals surface area contributed by atoms with Crippen LogP contribution in [0.25, 0.3) is 0 Å². The van der Waals surface area contributed by atoms with Gasteiger partial charge in [0.25, 0.3) is 5.91 Å². The molecule has 0 fully saturated rings. The Morgan fingerprint density at radius 1 is 1.12 bits per heavy atom. The van der Waals surface area contributed by atoms with Crippen molar-refractivity contribution in [2.45, 2.75) is 0 Å². The Labute approximate surface area is 166 Å². The number of carbonyl (C=O) groups excluding carboxylic acids is 1. The van der Waals surface area contributed by atoms with Crippen LogP contribution < -0.4 is 9.73 Å². The molecule has 6 nitrogen and oxygen atoms in total. The van der Waals surface area contributed by atoms with E-state index >= 15 is 0 Å². The van der Waals surface area contributed by atoms with Gasteiger partial charge >= 0.3 is 0 Å². The summed E-state index contributed by atoms with van der Waals surface area (Å²) in [6, 6.07) is 11.1. The predicted octanol–water partition coefficient (Wildman–Crippen LogP) is 3.56. The average Bonchev–Trinajstić information content (AvgIpc) is 2.50. The highest BCUT2D eigenvalue weighted by molar-refractivity contribution is 7.92. The Hall–Kier alpha value is -1.80. The zero-order chi connectivity index (χ0) is 19.3. The first-order valence-electron chi connectivity index (χ1n) is 7.16. The first-order valence-corrected chi connectivity index (χ1v) is 10.1. The van der Waals surface area contributed by atoms with Crippen LogP contribution in [0.15, 0.2) is 47.6 Å². The van der Waals surface area contributed by atoms with Crippen LogP contribution in [0, 0.1) is 0 Å². The summed E-state index contributed by atoms with van der Waals surface area (Å²) in [6.07, 6.45) is 2.37. The first-order chi connectivity index (χ1) is 12.1. The van der Waals surface area contributed by atoms with Crippen LogP contribution in [-0.4, -0.2) is 33.3 Å². The van der Waals surface area contributed by atoms with Gasteiger partial charge in [0.2, 0.25) is 10.0 Å². The van der Waals surface area contributed by atoms with E-state index in [2.05, 4.69) is 10.5 Å². The summed E-state index contributed by atoms with van der Waals surface area (Å²) < 4.78 is 24.9. The molecule has 2 aromatic carbocycles. The highest BCUT2D eigenvalue weighted by Gasteiger charge is 2.21. The molecule has 0 radical (unpaired) electrons. The number of anilines is 1. The molecule has 0 aliphatic heterocycles. The smallest absolute Gasteiger partial charge is 0.260 e. The molecule has 0 atom stereocenters. The van der Waals surface area contributed by atoms with E-state index in [-0.39, 0.29) is 15.7 Å². The molecule has 1 N–H and O–H groups in total. The Kier molecular flexibility index (Phi) is 6.88. The maximum Gasteiger partial charge on any atom is 0.260 e. The van der Waals surface area contributed by atoms with Crippen molar-refractivity contribution in [2.75, 3.05) is 17.1 Å². The van der Waals surface area contributed by atoms with E-state index in [9.17, 15) is 13.2 Å². The molecule has 0 unspecified atom stereocenters. The van der Waals surface area contributed by atoms with Crippen LogP contribution >= 0.6 is 34.8 Å². The molecule has 2 aromatic rings. The van der Waals surface area contributed by atoms with Gasteiger partial charge < -0.3 is 0 Å². The predicted molar refractivity (Wildman–Crippen MR) is 106 cm³/mol. The molecule has 10 heteroatoms. The minimum atomic E-state index is -3.74. The Morgan fingerprint density at radius 3 is 2.35 bits per heavy atom. The number of rotatable bonds is 6.